The lowest BCUT2D eigenvalue weighted by Gasteiger charge is -2.12. The molecule has 2 radical (unpaired) electrons. The van der Waals surface area contributed by atoms with E-state index in [0.717, 1.165) is 11.8 Å². The molecule has 0 amide bonds. The number of benzene rings is 1. The zero-order valence-electron chi connectivity index (χ0n) is 10.2. The van der Waals surface area contributed by atoms with Gasteiger partial charge in [-0.25, -0.2) is 0 Å². The van der Waals surface area contributed by atoms with Crippen molar-refractivity contribution in [3.8, 4) is 5.75 Å². The summed E-state index contributed by atoms with van der Waals surface area (Å²) in [6.45, 7) is 8.52. The summed E-state index contributed by atoms with van der Waals surface area (Å²) in [5.74, 6) is 0.940. The number of allylic oxidation sites excluding steroid dienone is 1. The summed E-state index contributed by atoms with van der Waals surface area (Å²) < 4.78 is 10.9. The molecule has 0 unspecified atom stereocenters. The highest BCUT2D eigenvalue weighted by molar-refractivity contribution is 6.27. The molecule has 0 saturated heterocycles. The Labute approximate surface area is 100 Å². The van der Waals surface area contributed by atoms with E-state index in [1.54, 1.807) is 7.11 Å². The normalized spacial score (nSPS) is 10.2. The molecule has 1 aromatic carbocycles. The molecule has 0 aliphatic carbocycles. The first kappa shape index (κ1) is 13.0. The van der Waals surface area contributed by atoms with Gasteiger partial charge in [-0.3, -0.25) is 0 Å². The molecule has 86 valence electrons. The molecule has 3 heteroatoms. The first-order valence-corrected chi connectivity index (χ1v) is 6.40. The van der Waals surface area contributed by atoms with Crippen molar-refractivity contribution in [2.45, 2.75) is 26.5 Å². The highest BCUT2D eigenvalue weighted by atomic mass is 28.2. The van der Waals surface area contributed by atoms with E-state index in [0.29, 0.717) is 16.4 Å². The first-order valence-electron chi connectivity index (χ1n) is 5.29. The Kier molecular flexibility index (Phi) is 5.29. The number of hydrogen-bond acceptors (Lipinski definition) is 2. The van der Waals surface area contributed by atoms with Crippen LogP contribution in [-0.4, -0.2) is 16.9 Å². The lowest BCUT2D eigenvalue weighted by Crippen LogP contribution is -2.01. The molecule has 1 rings (SSSR count). The largest absolute Gasteiger partial charge is 0.496 e. The molecule has 0 saturated carbocycles. The summed E-state index contributed by atoms with van der Waals surface area (Å²) in [6.07, 6.45) is 1.88. The van der Waals surface area contributed by atoms with Crippen molar-refractivity contribution in [3.05, 3.63) is 41.5 Å². The minimum absolute atomic E-state index is 0.499. The predicted octanol–water partition coefficient (Wildman–Crippen LogP) is 3.05. The molecular formula is C13H18O2Si. The van der Waals surface area contributed by atoms with Crippen LogP contribution >= 0.6 is 0 Å². The highest BCUT2D eigenvalue weighted by Crippen LogP contribution is 2.24. The predicted molar refractivity (Wildman–Crippen MR) is 68.0 cm³/mol. The summed E-state index contributed by atoms with van der Waals surface area (Å²) in [5, 5.41) is 0. The molecule has 0 heterocycles. The number of rotatable bonds is 6. The van der Waals surface area contributed by atoms with Crippen LogP contribution < -0.4 is 4.74 Å². The van der Waals surface area contributed by atoms with Gasteiger partial charge in [0.05, 0.1) is 13.7 Å². The summed E-state index contributed by atoms with van der Waals surface area (Å²) in [7, 11) is 2.20. The second kappa shape index (κ2) is 6.50. The first-order chi connectivity index (χ1) is 7.70. The fraction of sp³-hybridized carbons (Fsp3) is 0.385. The van der Waals surface area contributed by atoms with Gasteiger partial charge in [-0.1, -0.05) is 12.1 Å². The number of hydrogen-bond donors (Lipinski definition) is 0. The fourth-order valence-electron chi connectivity index (χ4n) is 1.48. The molecule has 16 heavy (non-hydrogen) atoms. The van der Waals surface area contributed by atoms with E-state index in [1.807, 2.05) is 12.1 Å². The lowest BCUT2D eigenvalue weighted by atomic mass is 10.0. The van der Waals surface area contributed by atoms with Crippen molar-refractivity contribution >= 4 is 9.76 Å². The summed E-state index contributed by atoms with van der Waals surface area (Å²) in [6, 6.07) is 4.99. The Morgan fingerprint density at radius 1 is 1.31 bits per heavy atom. The van der Waals surface area contributed by atoms with Crippen molar-refractivity contribution in [2.24, 2.45) is 0 Å². The number of ether oxygens (including phenoxy) is 1. The van der Waals surface area contributed by atoms with Gasteiger partial charge in [0, 0.05) is 0 Å². The minimum Gasteiger partial charge on any atom is -0.496 e. The van der Waals surface area contributed by atoms with E-state index in [2.05, 4.69) is 26.5 Å². The van der Waals surface area contributed by atoms with Gasteiger partial charge in [0.2, 0.25) is 9.76 Å². The van der Waals surface area contributed by atoms with Crippen LogP contribution in [-0.2, 0) is 11.0 Å². The van der Waals surface area contributed by atoms with E-state index in [1.165, 1.54) is 16.7 Å². The molecule has 0 bridgehead atoms. The van der Waals surface area contributed by atoms with E-state index >= 15 is 0 Å². The SMILES string of the molecule is C=CC[Si]OCc1ccc(OC)c(C)c1C. The summed E-state index contributed by atoms with van der Waals surface area (Å²) in [4.78, 5) is 0. The van der Waals surface area contributed by atoms with Crippen LogP contribution in [0.3, 0.4) is 0 Å². The quantitative estimate of drug-likeness (QED) is 0.428. The minimum atomic E-state index is 0.499. The Bertz CT molecular complexity index is 361. The van der Waals surface area contributed by atoms with Gasteiger partial charge >= 0.3 is 0 Å². The Morgan fingerprint density at radius 3 is 2.69 bits per heavy atom. The average molecular weight is 234 g/mol. The van der Waals surface area contributed by atoms with E-state index < -0.39 is 0 Å². The summed E-state index contributed by atoms with van der Waals surface area (Å²) >= 11 is 0. The van der Waals surface area contributed by atoms with Crippen LogP contribution in [0.5, 0.6) is 5.75 Å². The third-order valence-electron chi connectivity index (χ3n) is 2.63. The summed E-state index contributed by atoms with van der Waals surface area (Å²) in [5.41, 5.74) is 3.67. The number of methoxy groups -OCH3 is 1. The molecule has 0 aliphatic heterocycles. The second-order valence-corrected chi connectivity index (χ2v) is 4.59. The second-order valence-electron chi connectivity index (χ2n) is 3.60. The maximum absolute atomic E-state index is 5.59. The molecule has 0 atom stereocenters. The molecule has 0 fully saturated rings. The molecule has 0 aromatic heterocycles. The van der Waals surface area contributed by atoms with Gasteiger partial charge in [-0.2, -0.15) is 0 Å². The van der Waals surface area contributed by atoms with Crippen molar-refractivity contribution in [1.82, 2.24) is 0 Å². The molecule has 0 spiro atoms. The van der Waals surface area contributed by atoms with E-state index in [9.17, 15) is 0 Å². The molecule has 2 nitrogen and oxygen atoms in total. The van der Waals surface area contributed by atoms with E-state index in [4.69, 9.17) is 9.16 Å². The molecule has 1 aromatic rings. The van der Waals surface area contributed by atoms with Gasteiger partial charge in [0.1, 0.15) is 5.75 Å². The third kappa shape index (κ3) is 3.22. The fourth-order valence-corrected chi connectivity index (χ4v) is 1.97. The zero-order chi connectivity index (χ0) is 12.0. The van der Waals surface area contributed by atoms with Crippen LogP contribution in [0.25, 0.3) is 0 Å². The molecule has 0 N–H and O–H groups in total. The lowest BCUT2D eigenvalue weighted by molar-refractivity contribution is 0.324. The zero-order valence-corrected chi connectivity index (χ0v) is 11.2. The monoisotopic (exact) mass is 234 g/mol. The van der Waals surface area contributed by atoms with Crippen LogP contribution in [0.15, 0.2) is 24.8 Å². The van der Waals surface area contributed by atoms with Crippen LogP contribution in [0.1, 0.15) is 16.7 Å². The Hall–Kier alpha value is -1.06. The van der Waals surface area contributed by atoms with Gasteiger partial charge in [0.25, 0.3) is 0 Å². The van der Waals surface area contributed by atoms with Crippen molar-refractivity contribution < 1.29 is 9.16 Å². The topological polar surface area (TPSA) is 18.5 Å². The standard InChI is InChI=1S/C13H18O2Si/c1-5-8-16-15-9-12-6-7-13(14-4)11(3)10(12)2/h5-7H,1,8-9H2,2-4H3. The van der Waals surface area contributed by atoms with Crippen LogP contribution in [0.2, 0.25) is 6.04 Å². The Balaban J connectivity index is 2.67. The average Bonchev–Trinajstić information content (AvgIpc) is 2.30. The molecule has 0 aliphatic rings. The van der Waals surface area contributed by atoms with Crippen molar-refractivity contribution in [2.75, 3.05) is 7.11 Å². The van der Waals surface area contributed by atoms with Gasteiger partial charge in [-0.15, -0.1) is 6.58 Å². The van der Waals surface area contributed by atoms with Crippen LogP contribution in [0, 0.1) is 13.8 Å². The van der Waals surface area contributed by atoms with Crippen molar-refractivity contribution in [3.63, 3.8) is 0 Å². The Morgan fingerprint density at radius 2 is 2.06 bits per heavy atom. The third-order valence-corrected chi connectivity index (χ3v) is 3.43. The van der Waals surface area contributed by atoms with Gasteiger partial charge in [0.15, 0.2) is 0 Å². The maximum Gasteiger partial charge on any atom is 0.234 e. The smallest absolute Gasteiger partial charge is 0.234 e. The van der Waals surface area contributed by atoms with Gasteiger partial charge in [-0.05, 0) is 42.6 Å². The van der Waals surface area contributed by atoms with Crippen LogP contribution in [0.4, 0.5) is 0 Å². The van der Waals surface area contributed by atoms with Crippen molar-refractivity contribution in [1.29, 1.82) is 0 Å². The van der Waals surface area contributed by atoms with Gasteiger partial charge < -0.3 is 9.16 Å². The molecular weight excluding hydrogens is 216 g/mol. The highest BCUT2D eigenvalue weighted by Gasteiger charge is 2.06. The van der Waals surface area contributed by atoms with E-state index in [-0.39, 0.29) is 0 Å². The maximum atomic E-state index is 5.59.